The van der Waals surface area contributed by atoms with Crippen molar-refractivity contribution in [3.63, 3.8) is 0 Å². The molecule has 0 radical (unpaired) electrons. The summed E-state index contributed by atoms with van der Waals surface area (Å²) < 4.78 is 2.59. The molecule has 0 fully saturated rings. The maximum atomic E-state index is 5.14. The van der Waals surface area contributed by atoms with Crippen LogP contribution in [-0.2, 0) is 0 Å². The summed E-state index contributed by atoms with van der Waals surface area (Å²) >= 11 is 1.84. The standard InChI is InChI=1S/C56H39N5S/c57-51(39-17-6-2-7-18-39)50(52-44-22-11-10-21-43(44)35-48(58-52)37-15-4-1-5-16-37)38-29-33-42(34-30-38)56-60-54(40-19-8-3-9-20-40)59-55(61-56)41-31-27-36(28-32-41)45-24-14-25-47-46-23-12-13-26-49(46)62-53(45)47/h1-35,51,58H,57H2/p+1. The zero-order chi connectivity index (χ0) is 41.4. The van der Waals surface area contributed by atoms with Crippen LogP contribution in [0.4, 0.5) is 0 Å². The normalized spacial score (nSPS) is 13.6. The summed E-state index contributed by atoms with van der Waals surface area (Å²) in [7, 11) is 0. The molecule has 1 unspecified atom stereocenters. The number of benzene rings is 8. The lowest BCUT2D eigenvalue weighted by molar-refractivity contribution is -0.404. The summed E-state index contributed by atoms with van der Waals surface area (Å²) in [6.45, 7) is 0. The third-order valence-corrected chi connectivity index (χ3v) is 12.9. The summed E-state index contributed by atoms with van der Waals surface area (Å²) in [6, 6.07) is 72.0. The molecule has 0 saturated carbocycles. The smallest absolute Gasteiger partial charge is 0.164 e. The predicted molar refractivity (Wildman–Crippen MR) is 257 cm³/mol. The fourth-order valence-corrected chi connectivity index (χ4v) is 9.76. The van der Waals surface area contributed by atoms with Gasteiger partial charge < -0.3 is 11.1 Å². The van der Waals surface area contributed by atoms with Gasteiger partial charge in [0, 0.05) is 59.3 Å². The van der Waals surface area contributed by atoms with E-state index in [0.717, 1.165) is 67.0 Å². The minimum atomic E-state index is -0.171. The number of thiophene rings is 1. The first-order chi connectivity index (χ1) is 30.6. The summed E-state index contributed by atoms with van der Waals surface area (Å²) in [4.78, 5) is 15.3. The van der Waals surface area contributed by atoms with E-state index in [1.165, 1.54) is 25.7 Å². The van der Waals surface area contributed by atoms with Crippen molar-refractivity contribution in [1.82, 2.24) is 20.3 Å². The number of hydrogen-bond acceptors (Lipinski definition) is 5. The molecule has 62 heavy (non-hydrogen) atoms. The van der Waals surface area contributed by atoms with Crippen molar-refractivity contribution < 1.29 is 5.73 Å². The highest BCUT2D eigenvalue weighted by atomic mass is 32.1. The average Bonchev–Trinajstić information content (AvgIpc) is 3.74. The molecular formula is C56H40N5S+. The molecule has 0 spiro atoms. The molecular weight excluding hydrogens is 775 g/mol. The molecule has 1 aliphatic rings. The Morgan fingerprint density at radius 1 is 0.452 bits per heavy atom. The largest absolute Gasteiger partial charge is 0.354 e. The van der Waals surface area contributed by atoms with Gasteiger partial charge in [0.2, 0.25) is 0 Å². The van der Waals surface area contributed by atoms with E-state index in [0.29, 0.717) is 17.5 Å². The number of aromatic nitrogens is 3. The SMILES string of the molecule is [NH3+]C(C(=C1NC(c2ccccc2)=Cc2ccccc21)c1ccc(-c2nc(-c3ccccc3)nc(-c3ccc(-c4cccc5c4sc4ccccc45)cc3)n2)cc1)c1ccccc1. The first-order valence-electron chi connectivity index (χ1n) is 20.8. The summed E-state index contributed by atoms with van der Waals surface area (Å²) in [5.74, 6) is 1.86. The molecule has 1 atom stereocenters. The van der Waals surface area contributed by atoms with Crippen molar-refractivity contribution >= 4 is 54.6 Å². The second-order valence-electron chi connectivity index (χ2n) is 15.5. The van der Waals surface area contributed by atoms with Gasteiger partial charge >= 0.3 is 0 Å². The molecule has 10 aromatic rings. The molecule has 3 heterocycles. The van der Waals surface area contributed by atoms with Gasteiger partial charge in [-0.25, -0.2) is 15.0 Å². The Kier molecular flexibility index (Phi) is 9.62. The van der Waals surface area contributed by atoms with Crippen LogP contribution in [0, 0.1) is 0 Å². The zero-order valence-corrected chi connectivity index (χ0v) is 34.6. The van der Waals surface area contributed by atoms with Crippen LogP contribution in [0.15, 0.2) is 206 Å². The topological polar surface area (TPSA) is 78.3 Å². The van der Waals surface area contributed by atoms with Crippen molar-refractivity contribution in [2.75, 3.05) is 0 Å². The van der Waals surface area contributed by atoms with E-state index >= 15 is 0 Å². The number of hydrogen-bond donors (Lipinski definition) is 2. The van der Waals surface area contributed by atoms with Crippen molar-refractivity contribution in [2.45, 2.75) is 6.04 Å². The van der Waals surface area contributed by atoms with Gasteiger partial charge in [-0.3, -0.25) is 0 Å². The van der Waals surface area contributed by atoms with Gasteiger partial charge in [-0.1, -0.05) is 200 Å². The van der Waals surface area contributed by atoms with E-state index in [4.69, 9.17) is 20.7 Å². The van der Waals surface area contributed by atoms with Crippen molar-refractivity contribution in [3.05, 3.63) is 234 Å². The first-order valence-corrected chi connectivity index (χ1v) is 21.7. The van der Waals surface area contributed by atoms with E-state index in [1.54, 1.807) is 0 Å². The second-order valence-corrected chi connectivity index (χ2v) is 16.5. The Bertz CT molecular complexity index is 3300. The Labute approximate surface area is 364 Å². The Hall–Kier alpha value is -7.77. The summed E-state index contributed by atoms with van der Waals surface area (Å²) in [6.07, 6.45) is 2.23. The monoisotopic (exact) mass is 814 g/mol. The van der Waals surface area contributed by atoms with Gasteiger partial charge in [0.1, 0.15) is 6.04 Å². The molecule has 6 heteroatoms. The lowest BCUT2D eigenvalue weighted by atomic mass is 9.86. The van der Waals surface area contributed by atoms with Crippen molar-refractivity contribution in [3.8, 4) is 45.3 Å². The molecule has 5 nitrogen and oxygen atoms in total. The molecule has 1 aliphatic heterocycles. The average molecular weight is 815 g/mol. The van der Waals surface area contributed by atoms with Gasteiger partial charge in [0.25, 0.3) is 0 Å². The maximum Gasteiger partial charge on any atom is 0.164 e. The molecule has 0 saturated heterocycles. The quantitative estimate of drug-likeness (QED) is 0.160. The third kappa shape index (κ3) is 6.97. The van der Waals surface area contributed by atoms with Gasteiger partial charge in [-0.05, 0) is 40.0 Å². The van der Waals surface area contributed by atoms with Crippen LogP contribution in [0.5, 0.6) is 0 Å². The number of nitrogens with zero attached hydrogens (tertiary/aromatic N) is 3. The van der Waals surface area contributed by atoms with Crippen LogP contribution >= 0.6 is 11.3 Å². The number of quaternary nitrogens is 1. The minimum Gasteiger partial charge on any atom is -0.354 e. The maximum absolute atomic E-state index is 5.14. The highest BCUT2D eigenvalue weighted by Crippen LogP contribution is 2.41. The molecule has 2 aromatic heterocycles. The molecule has 0 aliphatic carbocycles. The molecule has 4 N–H and O–H groups in total. The lowest BCUT2D eigenvalue weighted by Crippen LogP contribution is -2.54. The fraction of sp³-hybridized carbons (Fsp3) is 0.0179. The van der Waals surface area contributed by atoms with Crippen LogP contribution in [-0.4, -0.2) is 15.0 Å². The van der Waals surface area contributed by atoms with Gasteiger partial charge in [0.05, 0.1) is 5.70 Å². The van der Waals surface area contributed by atoms with Gasteiger partial charge in [-0.2, -0.15) is 0 Å². The van der Waals surface area contributed by atoms with E-state index in [1.807, 2.05) is 41.7 Å². The van der Waals surface area contributed by atoms with E-state index in [-0.39, 0.29) is 6.04 Å². The molecule has 294 valence electrons. The van der Waals surface area contributed by atoms with Crippen LogP contribution in [0.3, 0.4) is 0 Å². The summed E-state index contributed by atoms with van der Waals surface area (Å²) in [5, 5.41) is 6.45. The predicted octanol–water partition coefficient (Wildman–Crippen LogP) is 12.9. The fourth-order valence-electron chi connectivity index (χ4n) is 8.52. The van der Waals surface area contributed by atoms with Crippen LogP contribution in [0.2, 0.25) is 0 Å². The van der Waals surface area contributed by atoms with Crippen LogP contribution in [0.1, 0.15) is 33.9 Å². The highest BCUT2D eigenvalue weighted by molar-refractivity contribution is 7.26. The van der Waals surface area contributed by atoms with Gasteiger partial charge in [-0.15, -0.1) is 11.3 Å². The molecule has 0 amide bonds. The lowest BCUT2D eigenvalue weighted by Gasteiger charge is -2.27. The van der Waals surface area contributed by atoms with Gasteiger partial charge in [0.15, 0.2) is 17.5 Å². The van der Waals surface area contributed by atoms with Crippen molar-refractivity contribution in [2.24, 2.45) is 0 Å². The minimum absolute atomic E-state index is 0.171. The summed E-state index contributed by atoms with van der Waals surface area (Å²) in [5.41, 5.74) is 18.7. The Morgan fingerprint density at radius 3 is 1.66 bits per heavy atom. The molecule has 11 rings (SSSR count). The second kappa shape index (κ2) is 16.0. The molecule has 0 bridgehead atoms. The van der Waals surface area contributed by atoms with E-state index in [2.05, 4.69) is 187 Å². The third-order valence-electron chi connectivity index (χ3n) is 11.7. The van der Waals surface area contributed by atoms with Crippen molar-refractivity contribution in [1.29, 1.82) is 0 Å². The zero-order valence-electron chi connectivity index (χ0n) is 33.7. The number of nitrogens with one attached hydrogen (secondary N) is 1. The first kappa shape index (κ1) is 37.2. The Morgan fingerprint density at radius 2 is 0.968 bits per heavy atom. The highest BCUT2D eigenvalue weighted by Gasteiger charge is 2.27. The van der Waals surface area contributed by atoms with Crippen LogP contribution in [0.25, 0.3) is 88.5 Å². The number of rotatable bonds is 8. The number of fused-ring (bicyclic) bond motifs is 4. The van der Waals surface area contributed by atoms with Crippen LogP contribution < -0.4 is 11.1 Å². The van der Waals surface area contributed by atoms with E-state index < -0.39 is 0 Å². The van der Waals surface area contributed by atoms with E-state index in [9.17, 15) is 0 Å². The molecule has 8 aromatic carbocycles. The Balaban J connectivity index is 1.00.